The van der Waals surface area contributed by atoms with Crippen LogP contribution < -0.4 is 5.32 Å². The molecule has 0 aromatic heterocycles. The first-order valence-electron chi connectivity index (χ1n) is 10.2. The van der Waals surface area contributed by atoms with Crippen molar-refractivity contribution in [1.82, 2.24) is 5.32 Å². The number of aliphatic hydroxyl groups is 1. The molecule has 0 saturated heterocycles. The largest absolute Gasteiger partial charge is 0.385 e. The van der Waals surface area contributed by atoms with Gasteiger partial charge in [-0.2, -0.15) is 0 Å². The zero-order chi connectivity index (χ0) is 16.8. The first-order chi connectivity index (χ1) is 11.3. The number of amidine groups is 1. The van der Waals surface area contributed by atoms with E-state index in [0.29, 0.717) is 5.92 Å². The second-order valence-corrected chi connectivity index (χ2v) is 7.29. The molecule has 2 unspecified atom stereocenters. The van der Waals surface area contributed by atoms with Crippen LogP contribution >= 0.6 is 0 Å². The van der Waals surface area contributed by atoms with Gasteiger partial charge >= 0.3 is 0 Å². The monoisotopic (exact) mass is 324 g/mol. The van der Waals surface area contributed by atoms with Crippen molar-refractivity contribution in [3.8, 4) is 0 Å². The predicted octanol–water partition coefficient (Wildman–Crippen LogP) is 5.08. The fourth-order valence-corrected chi connectivity index (χ4v) is 3.35. The van der Waals surface area contributed by atoms with Gasteiger partial charge in [0.05, 0.1) is 6.54 Å². The SMILES string of the molecule is CCCCCCCCCCCCCCC(C)C(O)C1=NCCN1. The van der Waals surface area contributed by atoms with Gasteiger partial charge in [-0.05, 0) is 12.3 Å². The molecular formula is C20H40N2O. The van der Waals surface area contributed by atoms with Crippen LogP contribution in [-0.4, -0.2) is 30.1 Å². The Balaban J connectivity index is 1.84. The van der Waals surface area contributed by atoms with E-state index < -0.39 is 0 Å². The van der Waals surface area contributed by atoms with Gasteiger partial charge in [-0.1, -0.05) is 90.9 Å². The number of unbranched alkanes of at least 4 members (excludes halogenated alkanes) is 11. The van der Waals surface area contributed by atoms with Crippen LogP contribution in [0.5, 0.6) is 0 Å². The lowest BCUT2D eigenvalue weighted by atomic mass is 9.96. The van der Waals surface area contributed by atoms with Crippen LogP contribution in [0, 0.1) is 5.92 Å². The zero-order valence-electron chi connectivity index (χ0n) is 15.7. The highest BCUT2D eigenvalue weighted by molar-refractivity contribution is 5.87. The Labute approximate surface area is 144 Å². The molecule has 1 heterocycles. The van der Waals surface area contributed by atoms with Gasteiger partial charge in [0.15, 0.2) is 0 Å². The summed E-state index contributed by atoms with van der Waals surface area (Å²) in [6, 6.07) is 0. The number of nitrogens with one attached hydrogen (secondary N) is 1. The van der Waals surface area contributed by atoms with Crippen LogP contribution in [0.1, 0.15) is 97.3 Å². The molecular weight excluding hydrogens is 284 g/mol. The van der Waals surface area contributed by atoms with Crippen molar-refractivity contribution in [3.05, 3.63) is 0 Å². The molecule has 0 bridgehead atoms. The highest BCUT2D eigenvalue weighted by Gasteiger charge is 2.21. The van der Waals surface area contributed by atoms with Crippen molar-refractivity contribution in [1.29, 1.82) is 0 Å². The topological polar surface area (TPSA) is 44.6 Å². The highest BCUT2D eigenvalue weighted by atomic mass is 16.3. The van der Waals surface area contributed by atoms with Crippen molar-refractivity contribution in [2.75, 3.05) is 13.1 Å². The number of nitrogens with zero attached hydrogens (tertiary/aromatic N) is 1. The van der Waals surface area contributed by atoms with Crippen LogP contribution in [0.15, 0.2) is 4.99 Å². The zero-order valence-corrected chi connectivity index (χ0v) is 15.7. The van der Waals surface area contributed by atoms with E-state index in [1.54, 1.807) is 0 Å². The van der Waals surface area contributed by atoms with Crippen molar-refractivity contribution in [2.45, 2.75) is 103 Å². The van der Waals surface area contributed by atoms with Gasteiger partial charge in [0.2, 0.25) is 0 Å². The third-order valence-electron chi connectivity index (χ3n) is 5.03. The molecule has 23 heavy (non-hydrogen) atoms. The van der Waals surface area contributed by atoms with E-state index in [9.17, 15) is 5.11 Å². The van der Waals surface area contributed by atoms with Crippen molar-refractivity contribution >= 4 is 5.84 Å². The molecule has 0 spiro atoms. The molecule has 0 saturated carbocycles. The molecule has 2 atom stereocenters. The molecule has 1 aliphatic rings. The number of rotatable bonds is 15. The summed E-state index contributed by atoms with van der Waals surface area (Å²) in [4.78, 5) is 4.32. The van der Waals surface area contributed by atoms with Gasteiger partial charge in [-0.25, -0.2) is 0 Å². The van der Waals surface area contributed by atoms with Crippen molar-refractivity contribution in [2.24, 2.45) is 10.9 Å². The molecule has 0 aromatic carbocycles. The molecule has 0 radical (unpaired) electrons. The smallest absolute Gasteiger partial charge is 0.126 e. The lowest BCUT2D eigenvalue weighted by molar-refractivity contribution is 0.169. The van der Waals surface area contributed by atoms with Gasteiger partial charge in [-0.15, -0.1) is 0 Å². The summed E-state index contributed by atoms with van der Waals surface area (Å²) in [6.07, 6.45) is 17.4. The summed E-state index contributed by atoms with van der Waals surface area (Å²) in [7, 11) is 0. The number of aliphatic imine (C=N–C) groups is 1. The van der Waals surface area contributed by atoms with Crippen LogP contribution in [0.25, 0.3) is 0 Å². The molecule has 136 valence electrons. The minimum atomic E-state index is -0.384. The van der Waals surface area contributed by atoms with E-state index in [4.69, 9.17) is 0 Å². The summed E-state index contributed by atoms with van der Waals surface area (Å²) in [5.74, 6) is 1.14. The number of aliphatic hydroxyl groups excluding tert-OH is 1. The number of hydrogen-bond acceptors (Lipinski definition) is 3. The predicted molar refractivity (Wildman–Crippen MR) is 101 cm³/mol. The van der Waals surface area contributed by atoms with Gasteiger partial charge in [0.25, 0.3) is 0 Å². The third-order valence-corrected chi connectivity index (χ3v) is 5.03. The molecule has 0 aliphatic carbocycles. The van der Waals surface area contributed by atoms with E-state index in [1.165, 1.54) is 77.0 Å². The maximum absolute atomic E-state index is 10.2. The Morgan fingerprint density at radius 3 is 1.91 bits per heavy atom. The first-order valence-corrected chi connectivity index (χ1v) is 10.2. The summed E-state index contributed by atoms with van der Waals surface area (Å²) < 4.78 is 0. The van der Waals surface area contributed by atoms with E-state index in [2.05, 4.69) is 24.2 Å². The normalized spacial score (nSPS) is 16.9. The fourth-order valence-electron chi connectivity index (χ4n) is 3.35. The van der Waals surface area contributed by atoms with Crippen molar-refractivity contribution in [3.63, 3.8) is 0 Å². The van der Waals surface area contributed by atoms with Crippen LogP contribution in [0.4, 0.5) is 0 Å². The molecule has 0 aromatic rings. The maximum Gasteiger partial charge on any atom is 0.126 e. The minimum absolute atomic E-state index is 0.322. The van der Waals surface area contributed by atoms with Gasteiger partial charge < -0.3 is 10.4 Å². The Kier molecular flexibility index (Phi) is 12.3. The summed E-state index contributed by atoms with van der Waals surface area (Å²) in [6.45, 7) is 6.13. The third kappa shape index (κ3) is 10.0. The minimum Gasteiger partial charge on any atom is -0.385 e. The quantitative estimate of drug-likeness (QED) is 0.413. The highest BCUT2D eigenvalue weighted by Crippen LogP contribution is 2.17. The molecule has 2 N–H and O–H groups in total. The van der Waals surface area contributed by atoms with Gasteiger partial charge in [0.1, 0.15) is 11.9 Å². The summed E-state index contributed by atoms with van der Waals surface area (Å²) in [5, 5.41) is 13.4. The number of hydrogen-bond donors (Lipinski definition) is 2. The van der Waals surface area contributed by atoms with E-state index in [0.717, 1.165) is 25.3 Å². The standard InChI is InChI=1S/C20H40N2O/c1-3-4-5-6-7-8-9-10-11-12-13-14-15-18(2)19(23)20-21-16-17-22-20/h18-19,23H,3-17H2,1-2H3,(H,21,22). The average molecular weight is 325 g/mol. The van der Waals surface area contributed by atoms with E-state index in [-0.39, 0.29) is 6.10 Å². The fraction of sp³-hybridized carbons (Fsp3) is 0.950. The lowest BCUT2D eigenvalue weighted by Gasteiger charge is -2.19. The molecule has 3 heteroatoms. The second kappa shape index (κ2) is 13.8. The Morgan fingerprint density at radius 2 is 1.43 bits per heavy atom. The molecule has 3 nitrogen and oxygen atoms in total. The van der Waals surface area contributed by atoms with E-state index >= 15 is 0 Å². The van der Waals surface area contributed by atoms with Crippen LogP contribution in [0.2, 0.25) is 0 Å². The second-order valence-electron chi connectivity index (χ2n) is 7.29. The molecule has 0 amide bonds. The van der Waals surface area contributed by atoms with Gasteiger partial charge in [0, 0.05) is 6.54 Å². The summed E-state index contributed by atoms with van der Waals surface area (Å²) >= 11 is 0. The maximum atomic E-state index is 10.2. The first kappa shape index (κ1) is 20.5. The molecule has 0 fully saturated rings. The summed E-state index contributed by atoms with van der Waals surface area (Å²) in [5.41, 5.74) is 0. The van der Waals surface area contributed by atoms with E-state index in [1.807, 2.05) is 0 Å². The van der Waals surface area contributed by atoms with Gasteiger partial charge in [-0.3, -0.25) is 4.99 Å². The Morgan fingerprint density at radius 1 is 0.913 bits per heavy atom. The van der Waals surface area contributed by atoms with Crippen LogP contribution in [0.3, 0.4) is 0 Å². The molecule has 1 aliphatic heterocycles. The van der Waals surface area contributed by atoms with Crippen molar-refractivity contribution < 1.29 is 5.11 Å². The van der Waals surface area contributed by atoms with Crippen LogP contribution in [-0.2, 0) is 0 Å². The average Bonchev–Trinajstić information content (AvgIpc) is 3.09. The Bertz CT molecular complexity index is 304. The lowest BCUT2D eigenvalue weighted by Crippen LogP contribution is -2.35. The molecule has 1 rings (SSSR count). The Hall–Kier alpha value is -0.570.